The van der Waals surface area contributed by atoms with E-state index in [4.69, 9.17) is 9.47 Å². The predicted molar refractivity (Wildman–Crippen MR) is 77.9 cm³/mol. The molecule has 1 N–H and O–H groups in total. The summed E-state index contributed by atoms with van der Waals surface area (Å²) < 4.78 is 10.4. The molecule has 20 heavy (non-hydrogen) atoms. The fourth-order valence-electron chi connectivity index (χ4n) is 2.73. The van der Waals surface area contributed by atoms with E-state index in [0.717, 1.165) is 37.1 Å². The summed E-state index contributed by atoms with van der Waals surface area (Å²) >= 11 is 0. The lowest BCUT2D eigenvalue weighted by Crippen LogP contribution is -2.57. The van der Waals surface area contributed by atoms with Gasteiger partial charge in [0.05, 0.1) is 13.7 Å². The maximum atomic E-state index is 12.3. The normalized spacial score (nSPS) is 22.3. The van der Waals surface area contributed by atoms with Crippen molar-refractivity contribution in [1.82, 2.24) is 5.32 Å². The van der Waals surface area contributed by atoms with Gasteiger partial charge in [-0.05, 0) is 50.4 Å². The number of ether oxygens (including phenoxy) is 2. The van der Waals surface area contributed by atoms with Crippen molar-refractivity contribution >= 4 is 5.97 Å². The number of rotatable bonds is 5. The molecule has 1 heterocycles. The Morgan fingerprint density at radius 1 is 1.30 bits per heavy atom. The minimum Gasteiger partial charge on any atom is -0.497 e. The van der Waals surface area contributed by atoms with Gasteiger partial charge in [0.25, 0.3) is 0 Å². The standard InChI is InChI=1S/C16H23NO3/c1-3-20-15(18)16(10-4-5-11-17-16)12-13-6-8-14(19-2)9-7-13/h6-9,17H,3-5,10-12H2,1-2H3. The molecule has 1 aromatic rings. The zero-order chi connectivity index (χ0) is 14.4. The summed E-state index contributed by atoms with van der Waals surface area (Å²) in [4.78, 5) is 12.3. The van der Waals surface area contributed by atoms with Crippen molar-refractivity contribution in [2.45, 2.75) is 38.1 Å². The first-order valence-corrected chi connectivity index (χ1v) is 7.25. The van der Waals surface area contributed by atoms with Gasteiger partial charge < -0.3 is 14.8 Å². The molecular weight excluding hydrogens is 254 g/mol. The van der Waals surface area contributed by atoms with Crippen molar-refractivity contribution in [1.29, 1.82) is 0 Å². The second-order valence-electron chi connectivity index (χ2n) is 5.21. The number of nitrogens with one attached hydrogen (secondary N) is 1. The third-order valence-corrected chi connectivity index (χ3v) is 3.82. The molecule has 0 spiro atoms. The average Bonchev–Trinajstić information content (AvgIpc) is 2.49. The lowest BCUT2D eigenvalue weighted by Gasteiger charge is -2.36. The Hall–Kier alpha value is -1.55. The maximum Gasteiger partial charge on any atom is 0.326 e. The molecule has 1 fully saturated rings. The molecule has 0 amide bonds. The van der Waals surface area contributed by atoms with Crippen LogP contribution in [0.2, 0.25) is 0 Å². The Labute approximate surface area is 120 Å². The smallest absolute Gasteiger partial charge is 0.326 e. The van der Waals surface area contributed by atoms with E-state index in [1.807, 2.05) is 31.2 Å². The number of hydrogen-bond donors (Lipinski definition) is 1. The summed E-state index contributed by atoms with van der Waals surface area (Å²) in [7, 11) is 1.65. The third-order valence-electron chi connectivity index (χ3n) is 3.82. The molecule has 4 heteroatoms. The number of hydrogen-bond acceptors (Lipinski definition) is 4. The highest BCUT2D eigenvalue weighted by molar-refractivity contribution is 5.81. The zero-order valence-corrected chi connectivity index (χ0v) is 12.3. The fraction of sp³-hybridized carbons (Fsp3) is 0.562. The van der Waals surface area contributed by atoms with E-state index in [9.17, 15) is 4.79 Å². The summed E-state index contributed by atoms with van der Waals surface area (Å²) in [5, 5.41) is 3.39. The van der Waals surface area contributed by atoms with Crippen molar-refractivity contribution in [3.63, 3.8) is 0 Å². The molecule has 0 aromatic heterocycles. The van der Waals surface area contributed by atoms with Crippen LogP contribution in [-0.4, -0.2) is 31.8 Å². The minimum atomic E-state index is -0.567. The van der Waals surface area contributed by atoms with Crippen LogP contribution in [0.4, 0.5) is 0 Å². The van der Waals surface area contributed by atoms with Crippen LogP contribution in [0.3, 0.4) is 0 Å². The molecule has 1 unspecified atom stereocenters. The number of carbonyl (C=O) groups excluding carboxylic acids is 1. The molecule has 0 bridgehead atoms. The Balaban J connectivity index is 2.15. The molecule has 1 atom stereocenters. The Bertz CT molecular complexity index is 436. The van der Waals surface area contributed by atoms with Crippen LogP contribution < -0.4 is 10.1 Å². The Morgan fingerprint density at radius 3 is 2.60 bits per heavy atom. The SMILES string of the molecule is CCOC(=O)C1(Cc2ccc(OC)cc2)CCCCN1. The second kappa shape index (κ2) is 6.75. The van der Waals surface area contributed by atoms with Crippen LogP contribution in [0.25, 0.3) is 0 Å². The highest BCUT2D eigenvalue weighted by atomic mass is 16.5. The van der Waals surface area contributed by atoms with Gasteiger partial charge in [-0.25, -0.2) is 0 Å². The number of benzene rings is 1. The Kier molecular flexibility index (Phi) is 5.01. The van der Waals surface area contributed by atoms with E-state index in [-0.39, 0.29) is 5.97 Å². The van der Waals surface area contributed by atoms with Crippen LogP contribution in [0.5, 0.6) is 5.75 Å². The molecule has 1 aliphatic heterocycles. The first-order chi connectivity index (χ1) is 9.70. The van der Waals surface area contributed by atoms with Crippen LogP contribution in [0.15, 0.2) is 24.3 Å². The van der Waals surface area contributed by atoms with Crippen molar-refractivity contribution in [3.8, 4) is 5.75 Å². The number of carbonyl (C=O) groups is 1. The van der Waals surface area contributed by atoms with Crippen molar-refractivity contribution in [3.05, 3.63) is 29.8 Å². The monoisotopic (exact) mass is 277 g/mol. The molecule has 1 saturated heterocycles. The van der Waals surface area contributed by atoms with E-state index < -0.39 is 5.54 Å². The fourth-order valence-corrected chi connectivity index (χ4v) is 2.73. The van der Waals surface area contributed by atoms with Crippen LogP contribution in [0.1, 0.15) is 31.7 Å². The summed E-state index contributed by atoms with van der Waals surface area (Å²) in [5.74, 6) is 0.700. The summed E-state index contributed by atoms with van der Waals surface area (Å²) in [6.45, 7) is 3.14. The topological polar surface area (TPSA) is 47.6 Å². The molecule has 1 aliphatic rings. The van der Waals surface area contributed by atoms with Gasteiger partial charge in [-0.1, -0.05) is 12.1 Å². The van der Waals surface area contributed by atoms with Gasteiger partial charge >= 0.3 is 5.97 Å². The van der Waals surface area contributed by atoms with Gasteiger partial charge in [0.2, 0.25) is 0 Å². The van der Waals surface area contributed by atoms with Crippen LogP contribution in [0, 0.1) is 0 Å². The van der Waals surface area contributed by atoms with Crippen LogP contribution >= 0.6 is 0 Å². The van der Waals surface area contributed by atoms with E-state index in [1.54, 1.807) is 7.11 Å². The van der Waals surface area contributed by atoms with E-state index in [2.05, 4.69) is 5.32 Å². The van der Waals surface area contributed by atoms with E-state index in [1.165, 1.54) is 0 Å². The number of esters is 1. The van der Waals surface area contributed by atoms with Gasteiger partial charge in [-0.2, -0.15) is 0 Å². The predicted octanol–water partition coefficient (Wildman–Crippen LogP) is 2.31. The van der Waals surface area contributed by atoms with Gasteiger partial charge in [0.1, 0.15) is 11.3 Å². The summed E-state index contributed by atoms with van der Waals surface area (Å²) in [6, 6.07) is 7.88. The van der Waals surface area contributed by atoms with Gasteiger partial charge in [0.15, 0.2) is 0 Å². The van der Waals surface area contributed by atoms with Crippen molar-refractivity contribution < 1.29 is 14.3 Å². The molecular formula is C16H23NO3. The van der Waals surface area contributed by atoms with Gasteiger partial charge in [-0.15, -0.1) is 0 Å². The Morgan fingerprint density at radius 2 is 2.05 bits per heavy atom. The lowest BCUT2D eigenvalue weighted by atomic mass is 9.83. The maximum absolute atomic E-state index is 12.3. The quantitative estimate of drug-likeness (QED) is 0.839. The van der Waals surface area contributed by atoms with Gasteiger partial charge in [-0.3, -0.25) is 4.79 Å². The minimum absolute atomic E-state index is 0.129. The second-order valence-corrected chi connectivity index (χ2v) is 5.21. The number of piperidine rings is 1. The van der Waals surface area contributed by atoms with Gasteiger partial charge in [0, 0.05) is 6.42 Å². The van der Waals surface area contributed by atoms with Crippen LogP contribution in [-0.2, 0) is 16.0 Å². The molecule has 110 valence electrons. The molecule has 2 rings (SSSR count). The average molecular weight is 277 g/mol. The highest BCUT2D eigenvalue weighted by Gasteiger charge is 2.40. The van der Waals surface area contributed by atoms with E-state index in [0.29, 0.717) is 13.0 Å². The van der Waals surface area contributed by atoms with E-state index >= 15 is 0 Å². The molecule has 1 aromatic carbocycles. The zero-order valence-electron chi connectivity index (χ0n) is 12.3. The number of methoxy groups -OCH3 is 1. The largest absolute Gasteiger partial charge is 0.497 e. The summed E-state index contributed by atoms with van der Waals surface area (Å²) in [5.41, 5.74) is 0.552. The first-order valence-electron chi connectivity index (χ1n) is 7.25. The summed E-state index contributed by atoms with van der Waals surface area (Å²) in [6.07, 6.45) is 3.67. The molecule has 0 aliphatic carbocycles. The molecule has 4 nitrogen and oxygen atoms in total. The van der Waals surface area contributed by atoms with Crippen molar-refractivity contribution in [2.24, 2.45) is 0 Å². The lowest BCUT2D eigenvalue weighted by molar-refractivity contribution is -0.152. The highest BCUT2D eigenvalue weighted by Crippen LogP contribution is 2.26. The molecule has 0 radical (unpaired) electrons. The van der Waals surface area contributed by atoms with Crippen molar-refractivity contribution in [2.75, 3.05) is 20.3 Å². The third kappa shape index (κ3) is 3.31. The first kappa shape index (κ1) is 14.9. The molecule has 0 saturated carbocycles.